The van der Waals surface area contributed by atoms with Crippen LogP contribution in [0.5, 0.6) is 0 Å². The Balaban J connectivity index is 1.52. The molecule has 1 aliphatic rings. The molecule has 1 aliphatic heterocycles. The molecule has 0 saturated heterocycles. The number of carbonyl (C=O) groups excluding carboxylic acids is 1. The highest BCUT2D eigenvalue weighted by Gasteiger charge is 2.35. The van der Waals surface area contributed by atoms with Crippen LogP contribution in [0.1, 0.15) is 45.8 Å². The zero-order valence-electron chi connectivity index (χ0n) is 23.6. The van der Waals surface area contributed by atoms with E-state index < -0.39 is 18.0 Å². The topological polar surface area (TPSA) is 111 Å². The van der Waals surface area contributed by atoms with Crippen molar-refractivity contribution in [2.75, 3.05) is 6.61 Å². The van der Waals surface area contributed by atoms with E-state index in [1.807, 2.05) is 37.3 Å². The van der Waals surface area contributed by atoms with Crippen LogP contribution in [0.3, 0.4) is 0 Å². The predicted octanol–water partition coefficient (Wildman–Crippen LogP) is 5.86. The number of aromatic nitrogens is 1. The van der Waals surface area contributed by atoms with Gasteiger partial charge in [0.1, 0.15) is 11.5 Å². The van der Waals surface area contributed by atoms with Crippen LogP contribution in [-0.4, -0.2) is 28.2 Å². The molecular weight excluding hydrogens is 600 g/mol. The lowest BCUT2D eigenvalue weighted by atomic mass is 9.93. The molecule has 3 heterocycles. The first-order valence-corrected chi connectivity index (χ1v) is 14.9. The van der Waals surface area contributed by atoms with Gasteiger partial charge in [-0.25, -0.2) is 14.6 Å². The average molecular weight is 625 g/mol. The number of fused-ring (bicyclic) bond motifs is 1. The van der Waals surface area contributed by atoms with Crippen LogP contribution < -0.4 is 14.9 Å². The number of hydrogen-bond donors (Lipinski definition) is 1. The summed E-state index contributed by atoms with van der Waals surface area (Å²) in [7, 11) is 0. The van der Waals surface area contributed by atoms with Gasteiger partial charge in [-0.2, -0.15) is 0 Å². The quantitative estimate of drug-likeness (QED) is 0.227. The molecule has 0 amide bonds. The van der Waals surface area contributed by atoms with Crippen LogP contribution in [0, 0.1) is 6.92 Å². The molecular formula is C34H25ClN2O6S. The van der Waals surface area contributed by atoms with E-state index in [0.717, 1.165) is 11.1 Å². The first-order chi connectivity index (χ1) is 21.2. The molecule has 1 N–H and O–H groups in total. The van der Waals surface area contributed by atoms with Crippen molar-refractivity contribution in [2.45, 2.75) is 19.9 Å². The molecule has 44 heavy (non-hydrogen) atoms. The molecule has 6 rings (SSSR count). The standard InChI is InChI=1S/C34H25ClN2O6S/c1-3-42-33(41)28-29(20-7-5-4-6-8-20)36-34-37(30(28)21-9-12-23(35)13-10-21)31(38)27(44-34)18-24-14-16-26(43-24)25-15-11-22(32(39)40)17-19(25)2/h4-18,30H,3H2,1-2H3,(H,39,40)/b27-18-/t30-/m1/s1. The molecule has 0 fully saturated rings. The minimum Gasteiger partial charge on any atom is -0.478 e. The summed E-state index contributed by atoms with van der Waals surface area (Å²) in [6.07, 6.45) is 1.64. The molecule has 0 aliphatic carbocycles. The molecule has 220 valence electrons. The average Bonchev–Trinajstić information content (AvgIpc) is 3.61. The zero-order chi connectivity index (χ0) is 31.0. The number of aromatic carboxylic acids is 1. The van der Waals surface area contributed by atoms with E-state index in [1.165, 1.54) is 22.0 Å². The fraction of sp³-hybridized carbons (Fsp3) is 0.118. The van der Waals surface area contributed by atoms with E-state index in [0.29, 0.717) is 42.7 Å². The van der Waals surface area contributed by atoms with Crippen LogP contribution in [0.15, 0.2) is 105 Å². The van der Waals surface area contributed by atoms with Gasteiger partial charge in [0.15, 0.2) is 4.80 Å². The van der Waals surface area contributed by atoms with Crippen molar-refractivity contribution in [2.24, 2.45) is 4.99 Å². The highest BCUT2D eigenvalue weighted by atomic mass is 35.5. The van der Waals surface area contributed by atoms with E-state index in [4.69, 9.17) is 25.7 Å². The first-order valence-electron chi connectivity index (χ1n) is 13.7. The SMILES string of the molecule is CCOC(=O)C1=C(c2ccccc2)N=c2s/c(=C\c3ccc(-c4ccc(C(=O)O)cc4C)o3)c(=O)n2[C@@H]1c1ccc(Cl)cc1. The summed E-state index contributed by atoms with van der Waals surface area (Å²) in [4.78, 5) is 44.2. The summed E-state index contributed by atoms with van der Waals surface area (Å²) in [6.45, 7) is 3.69. The van der Waals surface area contributed by atoms with Crippen LogP contribution in [0.25, 0.3) is 23.1 Å². The lowest BCUT2D eigenvalue weighted by Gasteiger charge is -2.25. The number of halogens is 1. The van der Waals surface area contributed by atoms with Crippen molar-refractivity contribution in [1.29, 1.82) is 0 Å². The number of thiazole rings is 1. The second-order valence-corrected chi connectivity index (χ2v) is 11.5. The number of rotatable bonds is 7. The minimum absolute atomic E-state index is 0.154. The van der Waals surface area contributed by atoms with E-state index in [1.54, 1.807) is 61.5 Å². The normalized spacial score (nSPS) is 14.7. The molecule has 0 unspecified atom stereocenters. The smallest absolute Gasteiger partial charge is 0.338 e. The van der Waals surface area contributed by atoms with Gasteiger partial charge in [-0.15, -0.1) is 0 Å². The number of nitrogens with zero attached hydrogens (tertiary/aromatic N) is 2. The molecule has 0 spiro atoms. The third-order valence-electron chi connectivity index (χ3n) is 7.20. The van der Waals surface area contributed by atoms with E-state index in [9.17, 15) is 19.5 Å². The molecule has 1 atom stereocenters. The lowest BCUT2D eigenvalue weighted by molar-refractivity contribution is -0.138. The van der Waals surface area contributed by atoms with Crippen molar-refractivity contribution in [1.82, 2.24) is 4.57 Å². The largest absolute Gasteiger partial charge is 0.478 e. The summed E-state index contributed by atoms with van der Waals surface area (Å²) < 4.78 is 13.4. The number of furan rings is 1. The molecule has 0 bridgehead atoms. The molecule has 8 nitrogen and oxygen atoms in total. The Labute approximate surface area is 260 Å². The van der Waals surface area contributed by atoms with Gasteiger partial charge in [0.05, 0.1) is 34.0 Å². The summed E-state index contributed by atoms with van der Waals surface area (Å²) in [5, 5.41) is 9.81. The van der Waals surface area contributed by atoms with Crippen molar-refractivity contribution in [3.05, 3.63) is 143 Å². The van der Waals surface area contributed by atoms with E-state index >= 15 is 0 Å². The van der Waals surface area contributed by atoms with Gasteiger partial charge in [-0.3, -0.25) is 9.36 Å². The lowest BCUT2D eigenvalue weighted by Crippen LogP contribution is -2.39. The zero-order valence-corrected chi connectivity index (χ0v) is 25.2. The number of hydrogen-bond acceptors (Lipinski definition) is 7. The molecule has 2 aromatic heterocycles. The van der Waals surface area contributed by atoms with Gasteiger partial charge < -0.3 is 14.3 Å². The Morgan fingerprint density at radius 1 is 1.07 bits per heavy atom. The van der Waals surface area contributed by atoms with Gasteiger partial charge in [-0.1, -0.05) is 71.5 Å². The number of carboxylic acids is 1. The van der Waals surface area contributed by atoms with Gasteiger partial charge in [0, 0.05) is 22.2 Å². The maximum Gasteiger partial charge on any atom is 0.338 e. The number of carbonyl (C=O) groups is 2. The van der Waals surface area contributed by atoms with Gasteiger partial charge in [0.25, 0.3) is 5.56 Å². The summed E-state index contributed by atoms with van der Waals surface area (Å²) in [5.41, 5.74) is 3.39. The van der Waals surface area contributed by atoms with Crippen molar-refractivity contribution in [3.63, 3.8) is 0 Å². The third kappa shape index (κ3) is 5.43. The highest BCUT2D eigenvalue weighted by molar-refractivity contribution is 7.07. The maximum atomic E-state index is 14.1. The maximum absolute atomic E-state index is 14.1. The van der Waals surface area contributed by atoms with Crippen LogP contribution in [0.4, 0.5) is 0 Å². The minimum atomic E-state index is -1.01. The number of esters is 1. The van der Waals surface area contributed by atoms with Crippen LogP contribution in [0.2, 0.25) is 5.02 Å². The summed E-state index contributed by atoms with van der Waals surface area (Å²) in [5.74, 6) is -0.603. The Hall–Kier alpha value is -4.99. The molecule has 3 aromatic carbocycles. The summed E-state index contributed by atoms with van der Waals surface area (Å²) >= 11 is 7.38. The fourth-order valence-corrected chi connectivity index (χ4v) is 6.29. The van der Waals surface area contributed by atoms with Crippen molar-refractivity contribution < 1.29 is 23.8 Å². The fourth-order valence-electron chi connectivity index (χ4n) is 5.18. The number of ether oxygens (including phenoxy) is 1. The van der Waals surface area contributed by atoms with Gasteiger partial charge >= 0.3 is 11.9 Å². The van der Waals surface area contributed by atoms with E-state index in [2.05, 4.69) is 0 Å². The second-order valence-electron chi connectivity index (χ2n) is 10.0. The van der Waals surface area contributed by atoms with Crippen LogP contribution >= 0.6 is 22.9 Å². The van der Waals surface area contributed by atoms with Crippen LogP contribution in [-0.2, 0) is 9.53 Å². The van der Waals surface area contributed by atoms with Gasteiger partial charge in [-0.05, 0) is 61.4 Å². The number of carboxylic acid groups (broad SMARTS) is 1. The van der Waals surface area contributed by atoms with Gasteiger partial charge in [0.2, 0.25) is 0 Å². The Bertz CT molecular complexity index is 2120. The number of aryl methyl sites for hydroxylation is 1. The Morgan fingerprint density at radius 2 is 1.82 bits per heavy atom. The van der Waals surface area contributed by atoms with Crippen molar-refractivity contribution in [3.8, 4) is 11.3 Å². The molecule has 10 heteroatoms. The Kier molecular flexibility index (Phi) is 7.90. The monoisotopic (exact) mass is 624 g/mol. The molecule has 0 saturated carbocycles. The Morgan fingerprint density at radius 3 is 2.50 bits per heavy atom. The van der Waals surface area contributed by atoms with E-state index in [-0.39, 0.29) is 23.3 Å². The first kappa shape index (κ1) is 29.1. The van der Waals surface area contributed by atoms with Crippen molar-refractivity contribution >= 4 is 46.6 Å². The third-order valence-corrected chi connectivity index (χ3v) is 8.43. The predicted molar refractivity (Wildman–Crippen MR) is 168 cm³/mol. The number of benzene rings is 3. The molecule has 0 radical (unpaired) electrons. The summed E-state index contributed by atoms with van der Waals surface area (Å²) in [6, 6.07) is 23.8. The second kappa shape index (κ2) is 11.9. The highest BCUT2D eigenvalue weighted by Crippen LogP contribution is 2.35. The molecule has 5 aromatic rings.